The van der Waals surface area contributed by atoms with Crippen molar-refractivity contribution in [2.45, 2.75) is 38.3 Å². The van der Waals surface area contributed by atoms with E-state index in [1.165, 1.54) is 16.3 Å². The molecule has 3 heteroatoms. The molecule has 1 aliphatic heterocycles. The van der Waals surface area contributed by atoms with E-state index >= 15 is 0 Å². The van der Waals surface area contributed by atoms with Crippen LogP contribution in [0.2, 0.25) is 0 Å². The molecule has 1 heterocycles. The minimum Gasteiger partial charge on any atom is -0.333 e. The van der Waals surface area contributed by atoms with Crippen LogP contribution in [0, 0.1) is 5.92 Å². The third-order valence-corrected chi connectivity index (χ3v) is 5.28. The first-order chi connectivity index (χ1) is 11.2. The molecule has 0 aromatic heterocycles. The second-order valence-electron chi connectivity index (χ2n) is 6.95. The van der Waals surface area contributed by atoms with Crippen molar-refractivity contribution in [3.05, 3.63) is 48.0 Å². The number of hydrogen-bond acceptors (Lipinski definition) is 2. The highest BCUT2D eigenvalue weighted by atomic mass is 16.2. The number of nitrogens with one attached hydrogen (secondary N) is 1. The summed E-state index contributed by atoms with van der Waals surface area (Å²) < 4.78 is 0. The molecule has 120 valence electrons. The van der Waals surface area contributed by atoms with Gasteiger partial charge in [-0.05, 0) is 55.1 Å². The zero-order chi connectivity index (χ0) is 15.8. The van der Waals surface area contributed by atoms with Crippen LogP contribution in [-0.4, -0.2) is 29.9 Å². The van der Waals surface area contributed by atoms with Gasteiger partial charge in [0.25, 0.3) is 0 Å². The van der Waals surface area contributed by atoms with Crippen LogP contribution in [0.3, 0.4) is 0 Å². The van der Waals surface area contributed by atoms with Gasteiger partial charge in [0.1, 0.15) is 0 Å². The highest BCUT2D eigenvalue weighted by molar-refractivity contribution is 5.84. The van der Waals surface area contributed by atoms with Crippen LogP contribution in [-0.2, 0) is 4.79 Å². The maximum absolute atomic E-state index is 13.0. The van der Waals surface area contributed by atoms with Crippen LogP contribution in [0.4, 0.5) is 0 Å². The molecule has 1 N–H and O–H groups in total. The molecule has 2 atom stereocenters. The van der Waals surface area contributed by atoms with Gasteiger partial charge in [-0.1, -0.05) is 36.4 Å². The lowest BCUT2D eigenvalue weighted by Gasteiger charge is -2.32. The third-order valence-electron chi connectivity index (χ3n) is 5.28. The minimum absolute atomic E-state index is 0.153. The van der Waals surface area contributed by atoms with Crippen molar-refractivity contribution in [2.75, 3.05) is 13.1 Å². The molecular formula is C20H24N2O. The molecule has 0 spiro atoms. The molecule has 0 radical (unpaired) electrons. The molecule has 0 bridgehead atoms. The van der Waals surface area contributed by atoms with E-state index in [0.717, 1.165) is 32.4 Å². The average molecular weight is 308 g/mol. The van der Waals surface area contributed by atoms with Gasteiger partial charge in [0.15, 0.2) is 0 Å². The summed E-state index contributed by atoms with van der Waals surface area (Å²) in [6, 6.07) is 15.6. The zero-order valence-electron chi connectivity index (χ0n) is 13.7. The third kappa shape index (κ3) is 2.86. The largest absolute Gasteiger partial charge is 0.333 e. The zero-order valence-corrected chi connectivity index (χ0v) is 13.7. The number of rotatable bonds is 4. The van der Waals surface area contributed by atoms with Crippen LogP contribution in [0.25, 0.3) is 10.8 Å². The van der Waals surface area contributed by atoms with Crippen LogP contribution in [0.5, 0.6) is 0 Å². The Hall–Kier alpha value is -1.87. The summed E-state index contributed by atoms with van der Waals surface area (Å²) in [7, 11) is 0. The lowest BCUT2D eigenvalue weighted by Crippen LogP contribution is -2.40. The summed E-state index contributed by atoms with van der Waals surface area (Å²) in [5.74, 6) is 0.511. The van der Waals surface area contributed by atoms with Crippen molar-refractivity contribution in [3.63, 3.8) is 0 Å². The van der Waals surface area contributed by atoms with Crippen LogP contribution < -0.4 is 5.32 Å². The smallest absolute Gasteiger partial charge is 0.227 e. The van der Waals surface area contributed by atoms with Crippen LogP contribution >= 0.6 is 0 Å². The van der Waals surface area contributed by atoms with Crippen LogP contribution in [0.1, 0.15) is 37.8 Å². The molecule has 2 aromatic rings. The summed E-state index contributed by atoms with van der Waals surface area (Å²) in [5, 5.41) is 5.83. The quantitative estimate of drug-likeness (QED) is 0.937. The molecule has 2 fully saturated rings. The Kier molecular flexibility index (Phi) is 3.82. The predicted molar refractivity (Wildman–Crippen MR) is 93.2 cm³/mol. The van der Waals surface area contributed by atoms with E-state index < -0.39 is 0 Å². The monoisotopic (exact) mass is 308 g/mol. The lowest BCUT2D eigenvalue weighted by atomic mass is 9.99. The highest BCUT2D eigenvalue weighted by Gasteiger charge is 2.39. The van der Waals surface area contributed by atoms with Gasteiger partial charge in [-0.25, -0.2) is 0 Å². The van der Waals surface area contributed by atoms with Gasteiger partial charge in [-0.3, -0.25) is 4.79 Å². The molecule has 2 aromatic carbocycles. The Labute approximate surface area is 137 Å². The summed E-state index contributed by atoms with van der Waals surface area (Å²) >= 11 is 0. The number of carbonyl (C=O) groups excluding carboxylic acids is 1. The first-order valence-corrected chi connectivity index (χ1v) is 8.75. The van der Waals surface area contributed by atoms with Gasteiger partial charge in [0, 0.05) is 12.6 Å². The topological polar surface area (TPSA) is 32.3 Å². The molecule has 23 heavy (non-hydrogen) atoms. The van der Waals surface area contributed by atoms with E-state index in [2.05, 4.69) is 59.6 Å². The number of amides is 1. The number of benzene rings is 2. The standard InChI is InChI=1S/C20H24N2O/c1-14(16-7-6-15-4-2-3-5-17(15)12-16)22(19-8-9-19)20(23)18-10-11-21-13-18/h2-7,12,14,18-19,21H,8-11,13H2,1H3. The van der Waals surface area contributed by atoms with E-state index in [1.54, 1.807) is 0 Å². The van der Waals surface area contributed by atoms with E-state index in [4.69, 9.17) is 0 Å². The number of carbonyl (C=O) groups is 1. The molecule has 1 aliphatic carbocycles. The second-order valence-corrected chi connectivity index (χ2v) is 6.95. The highest BCUT2D eigenvalue weighted by Crippen LogP contribution is 2.36. The fourth-order valence-corrected chi connectivity index (χ4v) is 3.74. The first-order valence-electron chi connectivity index (χ1n) is 8.75. The molecular weight excluding hydrogens is 284 g/mol. The number of hydrogen-bond donors (Lipinski definition) is 1. The average Bonchev–Trinajstić information content (AvgIpc) is 3.26. The number of nitrogens with zero attached hydrogens (tertiary/aromatic N) is 1. The molecule has 2 unspecified atom stereocenters. The summed E-state index contributed by atoms with van der Waals surface area (Å²) in [6.07, 6.45) is 3.29. The minimum atomic E-state index is 0.153. The molecule has 1 saturated heterocycles. The Balaban J connectivity index is 1.63. The summed E-state index contributed by atoms with van der Waals surface area (Å²) in [4.78, 5) is 15.2. The summed E-state index contributed by atoms with van der Waals surface area (Å²) in [6.45, 7) is 3.99. The molecule has 4 rings (SSSR count). The predicted octanol–water partition coefficient (Wildman–Crippen LogP) is 3.50. The molecule has 3 nitrogen and oxygen atoms in total. The second kappa shape index (κ2) is 5.97. The fourth-order valence-electron chi connectivity index (χ4n) is 3.74. The fraction of sp³-hybridized carbons (Fsp3) is 0.450. The van der Waals surface area contributed by atoms with Crippen molar-refractivity contribution in [3.8, 4) is 0 Å². The first kappa shape index (κ1) is 14.7. The van der Waals surface area contributed by atoms with Gasteiger partial charge >= 0.3 is 0 Å². The maximum Gasteiger partial charge on any atom is 0.227 e. The normalized spacial score (nSPS) is 22.2. The van der Waals surface area contributed by atoms with Crippen molar-refractivity contribution >= 4 is 16.7 Å². The van der Waals surface area contributed by atoms with E-state index in [9.17, 15) is 4.79 Å². The van der Waals surface area contributed by atoms with Crippen molar-refractivity contribution < 1.29 is 4.79 Å². The van der Waals surface area contributed by atoms with Gasteiger partial charge in [-0.15, -0.1) is 0 Å². The van der Waals surface area contributed by atoms with Gasteiger partial charge in [0.2, 0.25) is 5.91 Å². The van der Waals surface area contributed by atoms with Crippen molar-refractivity contribution in [2.24, 2.45) is 5.92 Å². The maximum atomic E-state index is 13.0. The van der Waals surface area contributed by atoms with Crippen molar-refractivity contribution in [1.82, 2.24) is 10.2 Å². The lowest BCUT2D eigenvalue weighted by molar-refractivity contribution is -0.137. The Morgan fingerprint density at radius 3 is 2.61 bits per heavy atom. The summed E-state index contributed by atoms with van der Waals surface area (Å²) in [5.41, 5.74) is 1.25. The van der Waals surface area contributed by atoms with E-state index in [1.807, 2.05) is 0 Å². The van der Waals surface area contributed by atoms with E-state index in [0.29, 0.717) is 11.9 Å². The van der Waals surface area contributed by atoms with Gasteiger partial charge in [-0.2, -0.15) is 0 Å². The van der Waals surface area contributed by atoms with Crippen molar-refractivity contribution in [1.29, 1.82) is 0 Å². The Morgan fingerprint density at radius 1 is 1.13 bits per heavy atom. The Bertz CT molecular complexity index is 716. The molecule has 1 amide bonds. The van der Waals surface area contributed by atoms with E-state index in [-0.39, 0.29) is 12.0 Å². The number of fused-ring (bicyclic) bond motifs is 1. The Morgan fingerprint density at radius 2 is 1.91 bits per heavy atom. The van der Waals surface area contributed by atoms with Gasteiger partial charge < -0.3 is 10.2 Å². The molecule has 2 aliphatic rings. The SMILES string of the molecule is CC(c1ccc2ccccc2c1)N(C(=O)C1CCNC1)C1CC1. The van der Waals surface area contributed by atoms with Crippen LogP contribution in [0.15, 0.2) is 42.5 Å². The molecule has 1 saturated carbocycles. The van der Waals surface area contributed by atoms with Gasteiger partial charge in [0.05, 0.1) is 12.0 Å².